The van der Waals surface area contributed by atoms with Crippen molar-refractivity contribution in [3.63, 3.8) is 0 Å². The molecule has 0 saturated heterocycles. The minimum Gasteiger partial charge on any atom is -0.451 e. The summed E-state index contributed by atoms with van der Waals surface area (Å²) in [4.78, 5) is 16.9. The van der Waals surface area contributed by atoms with Crippen LogP contribution in [0.4, 0.5) is 4.39 Å². The molecule has 0 radical (unpaired) electrons. The van der Waals surface area contributed by atoms with Gasteiger partial charge in [0.1, 0.15) is 11.3 Å². The number of rotatable bonds is 4. The Morgan fingerprint density at radius 2 is 1.56 bits per heavy atom. The first-order chi connectivity index (χ1) is 16.5. The van der Waals surface area contributed by atoms with Gasteiger partial charge in [-0.15, -0.1) is 0 Å². The molecule has 0 atom stereocenters. The highest BCUT2D eigenvalue weighted by Crippen LogP contribution is 2.35. The number of hydrogen-bond donors (Lipinski definition) is 0. The first-order valence-corrected chi connectivity index (χ1v) is 13.4. The number of hydrogen-bond acceptors (Lipinski definition) is 3. The Labute approximate surface area is 222 Å². The molecule has 2 heterocycles. The first kappa shape index (κ1) is 31.8. The Kier molecular flexibility index (Phi) is 11.8. The Hall–Kier alpha value is -2.20. The normalized spacial score (nSPS) is 11.6. The SMILES string of the molecule is CC(C)C(=O)c1cc2nc(-c3ccc(Cl)c(F)c3)cc(C(C)(C)C)c2o1.CCC(C)(C)C.CCCC. The van der Waals surface area contributed by atoms with Crippen LogP contribution in [0.15, 0.2) is 34.7 Å². The monoisotopic (exact) mass is 517 g/mol. The molecule has 200 valence electrons. The van der Waals surface area contributed by atoms with Crippen molar-refractivity contribution >= 4 is 28.5 Å². The van der Waals surface area contributed by atoms with E-state index in [0.29, 0.717) is 33.5 Å². The molecular formula is C31H45ClFNO2. The van der Waals surface area contributed by atoms with Crippen molar-refractivity contribution in [1.82, 2.24) is 4.98 Å². The summed E-state index contributed by atoms with van der Waals surface area (Å²) in [5.41, 5.74) is 3.64. The van der Waals surface area contributed by atoms with E-state index in [2.05, 4.69) is 67.3 Å². The summed E-state index contributed by atoms with van der Waals surface area (Å²) in [6, 6.07) is 8.16. The number of unbranched alkanes of at least 4 members (excludes halogenated alkanes) is 1. The number of furan rings is 1. The fraction of sp³-hybridized carbons (Fsp3) is 0.548. The van der Waals surface area contributed by atoms with E-state index in [4.69, 9.17) is 16.0 Å². The molecule has 0 N–H and O–H groups in total. The van der Waals surface area contributed by atoms with Crippen LogP contribution >= 0.6 is 11.6 Å². The molecule has 0 saturated carbocycles. The van der Waals surface area contributed by atoms with E-state index in [1.165, 1.54) is 31.4 Å². The second kappa shape index (κ2) is 13.4. The molecule has 0 aliphatic heterocycles. The molecule has 0 fully saturated rings. The number of aromatic nitrogens is 1. The number of pyridine rings is 1. The predicted octanol–water partition coefficient (Wildman–Crippen LogP) is 10.7. The van der Waals surface area contributed by atoms with Gasteiger partial charge in [-0.1, -0.05) is 113 Å². The van der Waals surface area contributed by atoms with Crippen molar-refractivity contribution in [3.05, 3.63) is 52.5 Å². The summed E-state index contributed by atoms with van der Waals surface area (Å²) < 4.78 is 19.8. The Morgan fingerprint density at radius 1 is 1.00 bits per heavy atom. The van der Waals surface area contributed by atoms with Crippen LogP contribution < -0.4 is 0 Å². The second-order valence-electron chi connectivity index (χ2n) is 11.7. The average molecular weight is 518 g/mol. The summed E-state index contributed by atoms with van der Waals surface area (Å²) in [5, 5.41) is 0.0685. The second-order valence-corrected chi connectivity index (χ2v) is 12.1. The van der Waals surface area contributed by atoms with Gasteiger partial charge in [-0.25, -0.2) is 9.37 Å². The van der Waals surface area contributed by atoms with Crippen LogP contribution in [-0.2, 0) is 5.41 Å². The third-order valence-electron chi connectivity index (χ3n) is 5.83. The van der Waals surface area contributed by atoms with Gasteiger partial charge in [0.05, 0.1) is 10.7 Å². The number of carbonyl (C=O) groups is 1. The van der Waals surface area contributed by atoms with E-state index < -0.39 is 5.82 Å². The van der Waals surface area contributed by atoms with E-state index in [1.807, 2.05) is 19.9 Å². The maximum Gasteiger partial charge on any atom is 0.200 e. The Balaban J connectivity index is 0.000000551. The lowest BCUT2D eigenvalue weighted by Crippen LogP contribution is -2.12. The third-order valence-corrected chi connectivity index (χ3v) is 6.14. The topological polar surface area (TPSA) is 43.1 Å². The van der Waals surface area contributed by atoms with Gasteiger partial charge in [-0.3, -0.25) is 4.79 Å². The van der Waals surface area contributed by atoms with E-state index in [-0.39, 0.29) is 22.1 Å². The van der Waals surface area contributed by atoms with Gasteiger partial charge < -0.3 is 4.42 Å². The number of nitrogens with zero attached hydrogens (tertiary/aromatic N) is 1. The lowest BCUT2D eigenvalue weighted by atomic mass is 9.86. The molecule has 3 nitrogen and oxygen atoms in total. The van der Waals surface area contributed by atoms with E-state index in [9.17, 15) is 9.18 Å². The number of Topliss-reactive ketones (excluding diaryl/α,β-unsaturated/α-hetero) is 1. The molecule has 0 bridgehead atoms. The fourth-order valence-electron chi connectivity index (χ4n) is 2.79. The first-order valence-electron chi connectivity index (χ1n) is 13.0. The van der Waals surface area contributed by atoms with Crippen LogP contribution in [0.1, 0.15) is 112 Å². The maximum absolute atomic E-state index is 13.9. The summed E-state index contributed by atoms with van der Waals surface area (Å²) >= 11 is 5.79. The molecular weight excluding hydrogens is 473 g/mol. The van der Waals surface area contributed by atoms with Crippen molar-refractivity contribution in [2.24, 2.45) is 11.3 Å². The molecule has 36 heavy (non-hydrogen) atoms. The average Bonchev–Trinajstić information content (AvgIpc) is 3.23. The molecule has 0 aliphatic rings. The summed E-state index contributed by atoms with van der Waals surface area (Å²) in [7, 11) is 0. The fourth-order valence-corrected chi connectivity index (χ4v) is 2.91. The van der Waals surface area contributed by atoms with Crippen LogP contribution in [0, 0.1) is 17.2 Å². The highest BCUT2D eigenvalue weighted by atomic mass is 35.5. The van der Waals surface area contributed by atoms with Crippen molar-refractivity contribution < 1.29 is 13.6 Å². The smallest absolute Gasteiger partial charge is 0.200 e. The van der Waals surface area contributed by atoms with Crippen LogP contribution in [0.25, 0.3) is 22.4 Å². The van der Waals surface area contributed by atoms with Gasteiger partial charge in [0.25, 0.3) is 0 Å². The molecule has 0 aliphatic carbocycles. The molecule has 1 aromatic carbocycles. The Bertz CT molecular complexity index is 1130. The zero-order chi connectivity index (χ0) is 27.8. The number of fused-ring (bicyclic) bond motifs is 1. The van der Waals surface area contributed by atoms with Crippen molar-refractivity contribution in [3.8, 4) is 11.3 Å². The predicted molar refractivity (Wildman–Crippen MR) is 153 cm³/mol. The van der Waals surface area contributed by atoms with Gasteiger partial charge in [-0.2, -0.15) is 0 Å². The van der Waals surface area contributed by atoms with Gasteiger partial charge >= 0.3 is 0 Å². The minimum absolute atomic E-state index is 0.0676. The zero-order valence-corrected chi connectivity index (χ0v) is 24.9. The number of ketones is 1. The standard InChI is InChI=1S/C21H21ClFNO2.C6H14.C4H10/c1-11(2)19(25)18-10-17-20(26-18)13(21(3,4)5)9-16(24-17)12-6-7-14(22)15(23)8-12;1-5-6(2,3)4;1-3-4-2/h6-11H,1-5H3;5H2,1-4H3;3-4H2,1-2H3. The molecule has 3 rings (SSSR count). The number of halogens is 2. The largest absolute Gasteiger partial charge is 0.451 e. The van der Waals surface area contributed by atoms with Crippen LogP contribution in [0.5, 0.6) is 0 Å². The molecule has 0 spiro atoms. The maximum atomic E-state index is 13.9. The van der Waals surface area contributed by atoms with Crippen molar-refractivity contribution in [1.29, 1.82) is 0 Å². The summed E-state index contributed by atoms with van der Waals surface area (Å²) in [6.07, 6.45) is 3.91. The number of benzene rings is 1. The molecule has 3 aromatic rings. The van der Waals surface area contributed by atoms with Gasteiger partial charge in [0, 0.05) is 23.1 Å². The van der Waals surface area contributed by atoms with Gasteiger partial charge in [0.15, 0.2) is 11.3 Å². The number of carbonyl (C=O) groups excluding carboxylic acids is 1. The van der Waals surface area contributed by atoms with E-state index >= 15 is 0 Å². The van der Waals surface area contributed by atoms with Crippen LogP contribution in [0.3, 0.4) is 0 Å². The van der Waals surface area contributed by atoms with Crippen molar-refractivity contribution in [2.75, 3.05) is 0 Å². The Morgan fingerprint density at radius 3 is 1.97 bits per heavy atom. The van der Waals surface area contributed by atoms with Gasteiger partial charge in [0.2, 0.25) is 5.78 Å². The minimum atomic E-state index is -0.494. The van der Waals surface area contributed by atoms with E-state index in [1.54, 1.807) is 12.1 Å². The third kappa shape index (κ3) is 9.35. The molecule has 5 heteroatoms. The highest BCUT2D eigenvalue weighted by molar-refractivity contribution is 6.30. The van der Waals surface area contributed by atoms with Crippen LogP contribution in [0.2, 0.25) is 5.02 Å². The molecule has 0 unspecified atom stereocenters. The summed E-state index contributed by atoms with van der Waals surface area (Å²) in [6.45, 7) is 23.1. The lowest BCUT2D eigenvalue weighted by molar-refractivity contribution is 0.0913. The van der Waals surface area contributed by atoms with Crippen molar-refractivity contribution in [2.45, 2.75) is 101 Å². The molecule has 2 aromatic heterocycles. The zero-order valence-electron chi connectivity index (χ0n) is 24.1. The highest BCUT2D eigenvalue weighted by Gasteiger charge is 2.25. The van der Waals surface area contributed by atoms with Crippen LogP contribution in [-0.4, -0.2) is 10.8 Å². The van der Waals surface area contributed by atoms with E-state index in [0.717, 1.165) is 5.56 Å². The quantitative estimate of drug-likeness (QED) is 0.323. The lowest BCUT2D eigenvalue weighted by Gasteiger charge is -2.20. The molecule has 0 amide bonds. The summed E-state index contributed by atoms with van der Waals surface area (Å²) in [5.74, 6) is -0.431. The van der Waals surface area contributed by atoms with Gasteiger partial charge in [-0.05, 0) is 29.0 Å².